The molecule has 2 aromatic carbocycles. The third kappa shape index (κ3) is 3.82. The highest BCUT2D eigenvalue weighted by molar-refractivity contribution is 7.18. The first-order valence-corrected chi connectivity index (χ1v) is 11.7. The molecular weight excluding hydrogens is 414 g/mol. The average molecular weight is 436 g/mol. The van der Waals surface area contributed by atoms with Gasteiger partial charge in [-0.05, 0) is 56.2 Å². The summed E-state index contributed by atoms with van der Waals surface area (Å²) >= 11 is 3.30. The molecule has 1 fully saturated rings. The van der Waals surface area contributed by atoms with Gasteiger partial charge in [0.05, 0.1) is 27.0 Å². The zero-order valence-electron chi connectivity index (χ0n) is 16.6. The first-order valence-electron chi connectivity index (χ1n) is 9.98. The molecule has 0 spiro atoms. The van der Waals surface area contributed by atoms with E-state index < -0.39 is 0 Å². The van der Waals surface area contributed by atoms with E-state index in [1.807, 2.05) is 59.7 Å². The quantitative estimate of drug-likeness (QED) is 0.408. The van der Waals surface area contributed by atoms with Crippen LogP contribution in [-0.2, 0) is 6.61 Å². The van der Waals surface area contributed by atoms with Crippen molar-refractivity contribution >= 4 is 38.8 Å². The normalized spacial score (nSPS) is 16.3. The molecule has 1 atom stereocenters. The number of aryl methyl sites for hydroxylation is 1. The van der Waals surface area contributed by atoms with Crippen molar-refractivity contribution in [1.82, 2.24) is 14.9 Å². The van der Waals surface area contributed by atoms with E-state index in [2.05, 4.69) is 11.1 Å². The second-order valence-corrected chi connectivity index (χ2v) is 9.47. The maximum Gasteiger partial charge on any atom is 0.254 e. The lowest BCUT2D eigenvalue weighted by Crippen LogP contribution is -2.30. The maximum absolute atomic E-state index is 13.2. The van der Waals surface area contributed by atoms with Gasteiger partial charge in [0, 0.05) is 17.5 Å². The Labute approximate surface area is 183 Å². The predicted octanol–water partition coefficient (Wildman–Crippen LogP) is 5.62. The first-order chi connectivity index (χ1) is 14.7. The molecule has 0 bridgehead atoms. The lowest BCUT2D eigenvalue weighted by molar-refractivity contribution is 0.0735. The number of aromatic nitrogens is 2. The van der Waals surface area contributed by atoms with Gasteiger partial charge in [0.25, 0.3) is 5.91 Å². The van der Waals surface area contributed by atoms with E-state index in [1.54, 1.807) is 22.7 Å². The Morgan fingerprint density at radius 3 is 2.77 bits per heavy atom. The Balaban J connectivity index is 1.29. The number of ether oxygens (including phenoxy) is 1. The molecule has 152 valence electrons. The van der Waals surface area contributed by atoms with Crippen molar-refractivity contribution in [3.05, 3.63) is 75.2 Å². The molecule has 0 unspecified atom stereocenters. The van der Waals surface area contributed by atoms with Crippen LogP contribution in [0.4, 0.5) is 0 Å². The summed E-state index contributed by atoms with van der Waals surface area (Å²) in [7, 11) is 0. The number of thiazole rings is 2. The first kappa shape index (κ1) is 19.2. The van der Waals surface area contributed by atoms with Crippen molar-refractivity contribution in [3.8, 4) is 5.75 Å². The van der Waals surface area contributed by atoms with Gasteiger partial charge in [-0.2, -0.15) is 0 Å². The molecule has 1 aliphatic rings. The Kier molecular flexibility index (Phi) is 5.23. The molecular formula is C23H21N3O2S2. The highest BCUT2D eigenvalue weighted by Gasteiger charge is 2.32. The maximum atomic E-state index is 13.2. The monoisotopic (exact) mass is 435 g/mol. The van der Waals surface area contributed by atoms with E-state index in [0.717, 1.165) is 46.4 Å². The molecule has 0 aliphatic carbocycles. The van der Waals surface area contributed by atoms with E-state index in [9.17, 15) is 4.79 Å². The second kappa shape index (κ2) is 8.16. The van der Waals surface area contributed by atoms with Crippen LogP contribution in [0.15, 0.2) is 53.9 Å². The van der Waals surface area contributed by atoms with Crippen LogP contribution in [-0.4, -0.2) is 27.3 Å². The van der Waals surface area contributed by atoms with Crippen molar-refractivity contribution in [2.24, 2.45) is 0 Å². The zero-order chi connectivity index (χ0) is 20.5. The molecule has 4 aromatic rings. The van der Waals surface area contributed by atoms with Gasteiger partial charge in [0.1, 0.15) is 17.4 Å². The van der Waals surface area contributed by atoms with E-state index in [4.69, 9.17) is 9.72 Å². The molecule has 0 radical (unpaired) electrons. The van der Waals surface area contributed by atoms with Crippen molar-refractivity contribution in [3.63, 3.8) is 0 Å². The van der Waals surface area contributed by atoms with Gasteiger partial charge in [-0.3, -0.25) is 4.79 Å². The summed E-state index contributed by atoms with van der Waals surface area (Å²) in [5.41, 5.74) is 2.61. The summed E-state index contributed by atoms with van der Waals surface area (Å²) in [6.45, 7) is 3.18. The fourth-order valence-electron chi connectivity index (χ4n) is 3.79. The molecule has 30 heavy (non-hydrogen) atoms. The van der Waals surface area contributed by atoms with Crippen molar-refractivity contribution in [2.45, 2.75) is 32.4 Å². The minimum Gasteiger partial charge on any atom is -0.487 e. The number of benzene rings is 2. The summed E-state index contributed by atoms with van der Waals surface area (Å²) in [6, 6.07) is 15.6. The second-order valence-electron chi connectivity index (χ2n) is 7.35. The zero-order valence-corrected chi connectivity index (χ0v) is 18.2. The van der Waals surface area contributed by atoms with E-state index >= 15 is 0 Å². The van der Waals surface area contributed by atoms with Crippen LogP contribution >= 0.6 is 22.7 Å². The van der Waals surface area contributed by atoms with E-state index in [1.165, 1.54) is 4.70 Å². The van der Waals surface area contributed by atoms with Crippen LogP contribution < -0.4 is 4.74 Å². The van der Waals surface area contributed by atoms with Gasteiger partial charge in [-0.25, -0.2) is 9.97 Å². The number of carbonyl (C=O) groups is 1. The summed E-state index contributed by atoms with van der Waals surface area (Å²) in [4.78, 5) is 24.4. The van der Waals surface area contributed by atoms with Gasteiger partial charge >= 0.3 is 0 Å². The van der Waals surface area contributed by atoms with Crippen molar-refractivity contribution in [2.75, 3.05) is 6.54 Å². The standard InChI is InChI=1S/C23H21N3O2S2/c1-15-24-17(14-29-15)13-28-18-10-8-16(9-11-18)23(27)26-12-4-6-20(26)22-25-19-5-2-3-7-21(19)30-22/h2-3,5,7-11,14,20H,4,6,12-13H2,1H3/t20-/m0/s1. The summed E-state index contributed by atoms with van der Waals surface area (Å²) in [5, 5.41) is 4.06. The topological polar surface area (TPSA) is 55.3 Å². The van der Waals surface area contributed by atoms with Crippen LogP contribution in [0.5, 0.6) is 5.75 Å². The Morgan fingerprint density at radius 2 is 2.00 bits per heavy atom. The number of rotatable bonds is 5. The minimum atomic E-state index is 0.0541. The molecule has 0 saturated carbocycles. The lowest BCUT2D eigenvalue weighted by Gasteiger charge is -2.23. The highest BCUT2D eigenvalue weighted by Crippen LogP contribution is 2.37. The number of nitrogens with zero attached hydrogens (tertiary/aromatic N) is 3. The van der Waals surface area contributed by atoms with E-state index in [0.29, 0.717) is 12.2 Å². The number of amides is 1. The minimum absolute atomic E-state index is 0.0541. The fourth-order valence-corrected chi connectivity index (χ4v) is 5.50. The van der Waals surface area contributed by atoms with Gasteiger partial charge in [0.2, 0.25) is 0 Å². The van der Waals surface area contributed by atoms with Crippen LogP contribution in [0.3, 0.4) is 0 Å². The number of likely N-dealkylation sites (tertiary alicyclic amines) is 1. The SMILES string of the molecule is Cc1nc(COc2ccc(C(=O)N3CCC[C@H]3c3nc4ccccc4s3)cc2)cs1. The van der Waals surface area contributed by atoms with Crippen molar-refractivity contribution < 1.29 is 9.53 Å². The number of fused-ring (bicyclic) bond motifs is 1. The van der Waals surface area contributed by atoms with Gasteiger partial charge in [0.15, 0.2) is 0 Å². The third-order valence-corrected chi connectivity index (χ3v) is 7.22. The van der Waals surface area contributed by atoms with Gasteiger partial charge < -0.3 is 9.64 Å². The third-order valence-electron chi connectivity index (χ3n) is 5.26. The number of para-hydroxylation sites is 1. The highest BCUT2D eigenvalue weighted by atomic mass is 32.1. The predicted molar refractivity (Wildman–Crippen MR) is 120 cm³/mol. The molecule has 5 nitrogen and oxygen atoms in total. The molecule has 1 amide bonds. The summed E-state index contributed by atoms with van der Waals surface area (Å²) in [5.74, 6) is 0.791. The Morgan fingerprint density at radius 1 is 1.17 bits per heavy atom. The molecule has 5 rings (SSSR count). The average Bonchev–Trinajstić information content (AvgIpc) is 3.50. The fraction of sp³-hybridized carbons (Fsp3) is 0.261. The molecule has 1 saturated heterocycles. The summed E-state index contributed by atoms with van der Waals surface area (Å²) < 4.78 is 6.97. The van der Waals surface area contributed by atoms with Crippen LogP contribution in [0.1, 0.15) is 45.0 Å². The van der Waals surface area contributed by atoms with Crippen LogP contribution in [0.2, 0.25) is 0 Å². The largest absolute Gasteiger partial charge is 0.487 e. The molecule has 3 heterocycles. The number of hydrogen-bond donors (Lipinski definition) is 0. The lowest BCUT2D eigenvalue weighted by atomic mass is 10.1. The number of hydrogen-bond acceptors (Lipinski definition) is 6. The Bertz CT molecular complexity index is 1150. The molecule has 1 aliphatic heterocycles. The van der Waals surface area contributed by atoms with Crippen molar-refractivity contribution in [1.29, 1.82) is 0 Å². The van der Waals surface area contributed by atoms with Crippen LogP contribution in [0, 0.1) is 6.92 Å². The molecule has 0 N–H and O–H groups in total. The van der Waals surface area contributed by atoms with E-state index in [-0.39, 0.29) is 11.9 Å². The molecule has 7 heteroatoms. The Hall–Kier alpha value is -2.77. The van der Waals surface area contributed by atoms with Crippen LogP contribution in [0.25, 0.3) is 10.2 Å². The smallest absolute Gasteiger partial charge is 0.254 e. The summed E-state index contributed by atoms with van der Waals surface area (Å²) in [6.07, 6.45) is 1.96. The van der Waals surface area contributed by atoms with Gasteiger partial charge in [-0.1, -0.05) is 12.1 Å². The molecule has 2 aromatic heterocycles. The number of carbonyl (C=O) groups excluding carboxylic acids is 1. The van der Waals surface area contributed by atoms with Gasteiger partial charge in [-0.15, -0.1) is 22.7 Å².